The number of rotatable bonds is 4. The van der Waals surface area contributed by atoms with Crippen LogP contribution in [-0.2, 0) is 4.74 Å². The third kappa shape index (κ3) is 3.82. The Morgan fingerprint density at radius 2 is 2.05 bits per heavy atom. The van der Waals surface area contributed by atoms with Gasteiger partial charge in [0.1, 0.15) is 0 Å². The lowest BCUT2D eigenvalue weighted by Gasteiger charge is -2.34. The number of benzene rings is 1. The highest BCUT2D eigenvalue weighted by Gasteiger charge is 2.27. The quantitative estimate of drug-likeness (QED) is 0.649. The van der Waals surface area contributed by atoms with E-state index in [0.717, 1.165) is 6.54 Å². The average molecular weight is 311 g/mol. The van der Waals surface area contributed by atoms with Gasteiger partial charge >= 0.3 is 5.97 Å². The SMILES string of the molecule is COC(=O)c1cc(N)cc(Cl)c1NCC1(C)CCCCC1. The molecule has 0 amide bonds. The summed E-state index contributed by atoms with van der Waals surface area (Å²) in [5.74, 6) is -0.430. The monoisotopic (exact) mass is 310 g/mol. The Kier molecular flexibility index (Phi) is 4.99. The van der Waals surface area contributed by atoms with Crippen LogP contribution in [-0.4, -0.2) is 19.6 Å². The second-order valence-corrected chi connectivity index (χ2v) is 6.55. The molecule has 1 aliphatic carbocycles. The molecule has 0 unspecified atom stereocenters. The van der Waals surface area contributed by atoms with Crippen LogP contribution in [0.4, 0.5) is 11.4 Å². The fourth-order valence-corrected chi connectivity index (χ4v) is 3.26. The van der Waals surface area contributed by atoms with Crippen LogP contribution in [0.25, 0.3) is 0 Å². The number of carbonyl (C=O) groups is 1. The minimum absolute atomic E-state index is 0.246. The molecule has 116 valence electrons. The molecule has 0 aromatic heterocycles. The van der Waals surface area contributed by atoms with E-state index < -0.39 is 5.97 Å². The van der Waals surface area contributed by atoms with Crippen LogP contribution in [0.15, 0.2) is 12.1 Å². The van der Waals surface area contributed by atoms with E-state index in [-0.39, 0.29) is 5.41 Å². The smallest absolute Gasteiger partial charge is 0.340 e. The molecule has 0 saturated heterocycles. The maximum atomic E-state index is 11.9. The Balaban J connectivity index is 2.20. The molecule has 5 heteroatoms. The number of anilines is 2. The fraction of sp³-hybridized carbons (Fsp3) is 0.562. The standard InChI is InChI=1S/C16H23ClN2O2/c1-16(6-4-3-5-7-16)10-19-14-12(15(20)21-2)8-11(18)9-13(14)17/h8-9,19H,3-7,10,18H2,1-2H3. The van der Waals surface area contributed by atoms with Gasteiger partial charge in [0.15, 0.2) is 0 Å². The second kappa shape index (κ2) is 6.56. The number of esters is 1. The lowest BCUT2D eigenvalue weighted by molar-refractivity contribution is 0.0601. The first-order valence-corrected chi connectivity index (χ1v) is 7.74. The van der Waals surface area contributed by atoms with Crippen LogP contribution in [0.3, 0.4) is 0 Å². The Hall–Kier alpha value is -1.42. The number of nitrogens with one attached hydrogen (secondary N) is 1. The zero-order chi connectivity index (χ0) is 15.5. The molecule has 0 radical (unpaired) electrons. The molecule has 0 atom stereocenters. The summed E-state index contributed by atoms with van der Waals surface area (Å²) < 4.78 is 4.81. The zero-order valence-electron chi connectivity index (χ0n) is 12.7. The van der Waals surface area contributed by atoms with E-state index >= 15 is 0 Å². The molecule has 1 saturated carbocycles. The van der Waals surface area contributed by atoms with Crippen molar-refractivity contribution < 1.29 is 9.53 Å². The molecule has 0 bridgehead atoms. The predicted molar refractivity (Wildman–Crippen MR) is 86.9 cm³/mol. The van der Waals surface area contributed by atoms with Gasteiger partial charge < -0.3 is 15.8 Å². The third-order valence-electron chi connectivity index (χ3n) is 4.27. The molecule has 1 aliphatic rings. The number of carbonyl (C=O) groups excluding carboxylic acids is 1. The average Bonchev–Trinajstić information content (AvgIpc) is 2.45. The minimum atomic E-state index is -0.430. The van der Waals surface area contributed by atoms with Gasteiger partial charge in [-0.1, -0.05) is 37.8 Å². The molecule has 3 N–H and O–H groups in total. The van der Waals surface area contributed by atoms with E-state index in [1.165, 1.54) is 39.2 Å². The maximum Gasteiger partial charge on any atom is 0.340 e. The van der Waals surface area contributed by atoms with Gasteiger partial charge in [-0.2, -0.15) is 0 Å². The van der Waals surface area contributed by atoms with Crippen molar-refractivity contribution in [3.63, 3.8) is 0 Å². The molecule has 1 aromatic carbocycles. The second-order valence-electron chi connectivity index (χ2n) is 6.14. The highest BCUT2D eigenvalue weighted by atomic mass is 35.5. The van der Waals surface area contributed by atoms with Crippen LogP contribution in [0.5, 0.6) is 0 Å². The van der Waals surface area contributed by atoms with E-state index in [1.807, 2.05) is 0 Å². The lowest BCUT2D eigenvalue weighted by atomic mass is 9.75. The molecule has 2 rings (SSSR count). The Bertz CT molecular complexity index is 525. The van der Waals surface area contributed by atoms with Gasteiger partial charge in [0.2, 0.25) is 0 Å². The largest absolute Gasteiger partial charge is 0.465 e. The number of methoxy groups -OCH3 is 1. The van der Waals surface area contributed by atoms with Crippen LogP contribution in [0.1, 0.15) is 49.4 Å². The summed E-state index contributed by atoms with van der Waals surface area (Å²) in [6.07, 6.45) is 6.22. The number of nitrogen functional groups attached to an aromatic ring is 1. The van der Waals surface area contributed by atoms with E-state index in [1.54, 1.807) is 12.1 Å². The Morgan fingerprint density at radius 1 is 1.38 bits per heavy atom. The first-order chi connectivity index (χ1) is 9.95. The predicted octanol–water partition coefficient (Wildman–Crippen LogP) is 4.09. The van der Waals surface area contributed by atoms with Gasteiger partial charge in [0.25, 0.3) is 0 Å². The number of hydrogen-bond acceptors (Lipinski definition) is 4. The number of nitrogens with two attached hydrogens (primary N) is 1. The molecule has 1 aromatic rings. The topological polar surface area (TPSA) is 64.3 Å². The van der Waals surface area contributed by atoms with Crippen molar-refractivity contribution >= 4 is 28.9 Å². The number of halogens is 1. The van der Waals surface area contributed by atoms with Crippen LogP contribution in [0.2, 0.25) is 5.02 Å². The van der Waals surface area contributed by atoms with Gasteiger partial charge in [0.05, 0.1) is 23.4 Å². The molecule has 0 spiro atoms. The highest BCUT2D eigenvalue weighted by Crippen LogP contribution is 2.37. The van der Waals surface area contributed by atoms with Gasteiger partial charge in [-0.15, -0.1) is 0 Å². The van der Waals surface area contributed by atoms with Gasteiger partial charge in [-0.3, -0.25) is 0 Å². The summed E-state index contributed by atoms with van der Waals surface area (Å²) in [4.78, 5) is 11.9. The first-order valence-electron chi connectivity index (χ1n) is 7.36. The summed E-state index contributed by atoms with van der Waals surface area (Å²) in [6.45, 7) is 3.07. The minimum Gasteiger partial charge on any atom is -0.465 e. The van der Waals surface area contributed by atoms with Crippen molar-refractivity contribution in [2.24, 2.45) is 5.41 Å². The van der Waals surface area contributed by atoms with Crippen LogP contribution in [0, 0.1) is 5.41 Å². The molecular formula is C16H23ClN2O2. The molecule has 0 aliphatic heterocycles. The Labute approximate surface area is 131 Å². The van der Waals surface area contributed by atoms with Crippen LogP contribution < -0.4 is 11.1 Å². The van der Waals surface area contributed by atoms with E-state index in [2.05, 4.69) is 12.2 Å². The molecule has 21 heavy (non-hydrogen) atoms. The van der Waals surface area contributed by atoms with Crippen molar-refractivity contribution in [2.75, 3.05) is 24.7 Å². The van der Waals surface area contributed by atoms with Crippen molar-refractivity contribution in [1.82, 2.24) is 0 Å². The van der Waals surface area contributed by atoms with Gasteiger partial charge in [-0.25, -0.2) is 4.79 Å². The summed E-state index contributed by atoms with van der Waals surface area (Å²) in [5, 5.41) is 3.80. The highest BCUT2D eigenvalue weighted by molar-refractivity contribution is 6.34. The van der Waals surface area contributed by atoms with E-state index in [4.69, 9.17) is 22.1 Å². The number of hydrogen-bond donors (Lipinski definition) is 2. The maximum absolute atomic E-state index is 11.9. The zero-order valence-corrected chi connectivity index (χ0v) is 13.4. The van der Waals surface area contributed by atoms with E-state index in [0.29, 0.717) is 22.0 Å². The van der Waals surface area contributed by atoms with Gasteiger partial charge in [0, 0.05) is 12.2 Å². The summed E-state index contributed by atoms with van der Waals surface area (Å²) in [5.41, 5.74) is 7.47. The van der Waals surface area contributed by atoms with E-state index in [9.17, 15) is 4.79 Å². The van der Waals surface area contributed by atoms with Gasteiger partial charge in [-0.05, 0) is 30.4 Å². The normalized spacial score (nSPS) is 17.3. The van der Waals surface area contributed by atoms with Crippen molar-refractivity contribution in [3.8, 4) is 0 Å². The van der Waals surface area contributed by atoms with Crippen molar-refractivity contribution in [3.05, 3.63) is 22.7 Å². The summed E-state index contributed by atoms with van der Waals surface area (Å²) in [6, 6.07) is 3.25. The lowest BCUT2D eigenvalue weighted by Crippen LogP contribution is -2.29. The molecule has 1 fully saturated rings. The molecule has 4 nitrogen and oxygen atoms in total. The summed E-state index contributed by atoms with van der Waals surface area (Å²) in [7, 11) is 1.35. The number of ether oxygens (including phenoxy) is 1. The summed E-state index contributed by atoms with van der Waals surface area (Å²) >= 11 is 6.25. The van der Waals surface area contributed by atoms with Crippen LogP contribution >= 0.6 is 11.6 Å². The van der Waals surface area contributed by atoms with Crippen molar-refractivity contribution in [2.45, 2.75) is 39.0 Å². The molecular weight excluding hydrogens is 288 g/mol. The Morgan fingerprint density at radius 3 is 2.67 bits per heavy atom. The fourth-order valence-electron chi connectivity index (χ4n) is 2.96. The molecule has 0 heterocycles. The first kappa shape index (κ1) is 16.0. The van der Waals surface area contributed by atoms with Crippen molar-refractivity contribution in [1.29, 1.82) is 0 Å². The third-order valence-corrected chi connectivity index (χ3v) is 4.57.